The number of carbonyl (C=O) groups excluding carboxylic acids is 2. The molecule has 2 aromatic carbocycles. The zero-order valence-electron chi connectivity index (χ0n) is 15.8. The lowest BCUT2D eigenvalue weighted by molar-refractivity contribution is -0.157. The third-order valence-corrected chi connectivity index (χ3v) is 4.69. The van der Waals surface area contributed by atoms with Crippen molar-refractivity contribution in [3.05, 3.63) is 65.7 Å². The molecule has 5 heteroatoms. The van der Waals surface area contributed by atoms with E-state index in [0.29, 0.717) is 13.0 Å². The van der Waals surface area contributed by atoms with Gasteiger partial charge in [-0.25, -0.2) is 0 Å². The predicted octanol–water partition coefficient (Wildman–Crippen LogP) is 3.22. The van der Waals surface area contributed by atoms with E-state index in [4.69, 9.17) is 9.47 Å². The van der Waals surface area contributed by atoms with Gasteiger partial charge in [-0.15, -0.1) is 0 Å². The van der Waals surface area contributed by atoms with Crippen molar-refractivity contribution in [2.75, 3.05) is 13.2 Å². The number of fused-ring (bicyclic) bond motifs is 1. The Labute approximate surface area is 159 Å². The fourth-order valence-corrected chi connectivity index (χ4v) is 3.15. The number of rotatable bonds is 6. The minimum Gasteiger partial charge on any atom is -0.492 e. The SMILES string of the molecule is CC(C)N(Cc1ccccc1)C(=O)COC(=O)C1COc2ccccc2C1. The minimum atomic E-state index is -0.388. The molecule has 1 atom stereocenters. The van der Waals surface area contributed by atoms with Crippen LogP contribution in [0.3, 0.4) is 0 Å². The molecule has 0 fully saturated rings. The van der Waals surface area contributed by atoms with Crippen molar-refractivity contribution in [1.82, 2.24) is 4.90 Å². The highest BCUT2D eigenvalue weighted by Gasteiger charge is 2.28. The standard InChI is InChI=1S/C22H25NO4/c1-16(2)23(13-17-8-4-3-5-9-17)21(24)15-27-22(25)19-12-18-10-6-7-11-20(18)26-14-19/h3-11,16,19H,12-15H2,1-2H3. The lowest BCUT2D eigenvalue weighted by Crippen LogP contribution is -2.40. The summed E-state index contributed by atoms with van der Waals surface area (Å²) in [6, 6.07) is 17.5. The maximum absolute atomic E-state index is 12.6. The molecule has 2 aromatic rings. The van der Waals surface area contributed by atoms with Gasteiger partial charge in [-0.3, -0.25) is 9.59 Å². The summed E-state index contributed by atoms with van der Waals surface area (Å²) in [7, 11) is 0. The van der Waals surface area contributed by atoms with Crippen LogP contribution in [0.15, 0.2) is 54.6 Å². The van der Waals surface area contributed by atoms with Gasteiger partial charge in [-0.2, -0.15) is 0 Å². The Morgan fingerprint density at radius 1 is 1.11 bits per heavy atom. The number of benzene rings is 2. The van der Waals surface area contributed by atoms with Crippen LogP contribution in [-0.2, 0) is 27.3 Å². The number of ether oxygens (including phenoxy) is 2. The Balaban J connectivity index is 1.55. The molecule has 1 aliphatic heterocycles. The molecule has 27 heavy (non-hydrogen) atoms. The summed E-state index contributed by atoms with van der Waals surface area (Å²) in [6.07, 6.45) is 0.571. The van der Waals surface area contributed by atoms with E-state index in [-0.39, 0.29) is 37.0 Å². The van der Waals surface area contributed by atoms with Gasteiger partial charge in [0.1, 0.15) is 12.4 Å². The van der Waals surface area contributed by atoms with Crippen LogP contribution in [0.2, 0.25) is 0 Å². The maximum Gasteiger partial charge on any atom is 0.313 e. The number of amides is 1. The summed E-state index contributed by atoms with van der Waals surface area (Å²) in [6.45, 7) is 4.43. The fourth-order valence-electron chi connectivity index (χ4n) is 3.15. The molecule has 5 nitrogen and oxygen atoms in total. The molecule has 0 radical (unpaired) electrons. The molecule has 0 N–H and O–H groups in total. The third kappa shape index (κ3) is 4.88. The van der Waals surface area contributed by atoms with Gasteiger partial charge in [0.15, 0.2) is 6.61 Å². The number of hydrogen-bond acceptors (Lipinski definition) is 4. The highest BCUT2D eigenvalue weighted by molar-refractivity contribution is 5.82. The van der Waals surface area contributed by atoms with E-state index in [0.717, 1.165) is 16.9 Å². The Bertz CT molecular complexity index is 788. The first-order valence-electron chi connectivity index (χ1n) is 9.25. The first-order chi connectivity index (χ1) is 13.0. The van der Waals surface area contributed by atoms with E-state index in [1.807, 2.05) is 68.4 Å². The Kier molecular flexibility index (Phi) is 6.12. The molecule has 0 saturated carbocycles. The number of esters is 1. The van der Waals surface area contributed by atoms with E-state index in [1.54, 1.807) is 4.90 Å². The topological polar surface area (TPSA) is 55.8 Å². The zero-order chi connectivity index (χ0) is 19.2. The van der Waals surface area contributed by atoms with E-state index in [2.05, 4.69) is 0 Å². The Hall–Kier alpha value is -2.82. The van der Waals surface area contributed by atoms with Crippen molar-refractivity contribution < 1.29 is 19.1 Å². The van der Waals surface area contributed by atoms with Crippen LogP contribution in [0.4, 0.5) is 0 Å². The largest absolute Gasteiger partial charge is 0.492 e. The molecule has 0 saturated heterocycles. The lowest BCUT2D eigenvalue weighted by atomic mass is 9.97. The van der Waals surface area contributed by atoms with Gasteiger partial charge in [0.2, 0.25) is 0 Å². The van der Waals surface area contributed by atoms with Crippen LogP contribution in [0, 0.1) is 5.92 Å². The summed E-state index contributed by atoms with van der Waals surface area (Å²) in [5.74, 6) is -0.151. The molecular formula is C22H25NO4. The monoisotopic (exact) mass is 367 g/mol. The second-order valence-corrected chi connectivity index (χ2v) is 7.03. The van der Waals surface area contributed by atoms with E-state index in [9.17, 15) is 9.59 Å². The van der Waals surface area contributed by atoms with Gasteiger partial charge >= 0.3 is 5.97 Å². The van der Waals surface area contributed by atoms with E-state index < -0.39 is 0 Å². The normalized spacial score (nSPS) is 15.6. The first-order valence-corrected chi connectivity index (χ1v) is 9.25. The van der Waals surface area contributed by atoms with Crippen molar-refractivity contribution in [1.29, 1.82) is 0 Å². The number of para-hydroxylation sites is 1. The number of hydrogen-bond donors (Lipinski definition) is 0. The van der Waals surface area contributed by atoms with E-state index in [1.165, 1.54) is 0 Å². The zero-order valence-corrected chi connectivity index (χ0v) is 15.8. The highest BCUT2D eigenvalue weighted by Crippen LogP contribution is 2.27. The fraction of sp³-hybridized carbons (Fsp3) is 0.364. The molecule has 1 heterocycles. The summed E-state index contributed by atoms with van der Waals surface area (Å²) < 4.78 is 10.9. The quantitative estimate of drug-likeness (QED) is 0.736. The molecule has 0 aromatic heterocycles. The molecule has 1 unspecified atom stereocenters. The van der Waals surface area contributed by atoms with Gasteiger partial charge < -0.3 is 14.4 Å². The minimum absolute atomic E-state index is 0.0151. The average Bonchev–Trinajstić information content (AvgIpc) is 2.70. The second-order valence-electron chi connectivity index (χ2n) is 7.03. The van der Waals surface area contributed by atoms with Crippen molar-refractivity contribution in [3.63, 3.8) is 0 Å². The summed E-state index contributed by atoms with van der Waals surface area (Å²) in [4.78, 5) is 26.7. The van der Waals surface area contributed by atoms with Crippen LogP contribution < -0.4 is 4.74 Å². The maximum atomic E-state index is 12.6. The first kappa shape index (κ1) is 19.0. The van der Waals surface area contributed by atoms with E-state index >= 15 is 0 Å². The molecule has 0 spiro atoms. The molecule has 0 bridgehead atoms. The van der Waals surface area contributed by atoms with Gasteiger partial charge in [0.05, 0.1) is 5.92 Å². The van der Waals surface area contributed by atoms with Crippen LogP contribution >= 0.6 is 0 Å². The van der Waals surface area contributed by atoms with Crippen LogP contribution in [0.1, 0.15) is 25.0 Å². The van der Waals surface area contributed by atoms with Crippen LogP contribution in [0.5, 0.6) is 5.75 Å². The second kappa shape index (κ2) is 8.71. The Morgan fingerprint density at radius 3 is 2.56 bits per heavy atom. The van der Waals surface area contributed by atoms with Crippen LogP contribution in [0.25, 0.3) is 0 Å². The van der Waals surface area contributed by atoms with Crippen molar-refractivity contribution in [3.8, 4) is 5.75 Å². The number of nitrogens with zero attached hydrogens (tertiary/aromatic N) is 1. The van der Waals surface area contributed by atoms with Crippen LogP contribution in [-0.4, -0.2) is 36.0 Å². The summed E-state index contributed by atoms with van der Waals surface area (Å²) in [5.41, 5.74) is 2.04. The third-order valence-electron chi connectivity index (χ3n) is 4.69. The van der Waals surface area contributed by atoms with Gasteiger partial charge in [0.25, 0.3) is 5.91 Å². The average molecular weight is 367 g/mol. The van der Waals surface area contributed by atoms with Crippen molar-refractivity contribution in [2.45, 2.75) is 32.9 Å². The lowest BCUT2D eigenvalue weighted by Gasteiger charge is -2.27. The summed E-state index contributed by atoms with van der Waals surface area (Å²) in [5, 5.41) is 0. The smallest absolute Gasteiger partial charge is 0.313 e. The van der Waals surface area contributed by atoms with Gasteiger partial charge in [-0.05, 0) is 37.5 Å². The van der Waals surface area contributed by atoms with Gasteiger partial charge in [-0.1, -0.05) is 48.5 Å². The van der Waals surface area contributed by atoms with Gasteiger partial charge in [0, 0.05) is 12.6 Å². The van der Waals surface area contributed by atoms with Crippen molar-refractivity contribution >= 4 is 11.9 Å². The van der Waals surface area contributed by atoms with Crippen molar-refractivity contribution in [2.24, 2.45) is 5.92 Å². The summed E-state index contributed by atoms with van der Waals surface area (Å²) >= 11 is 0. The molecule has 3 rings (SSSR count). The Morgan fingerprint density at radius 2 is 1.81 bits per heavy atom. The molecule has 1 amide bonds. The molecule has 1 aliphatic rings. The highest BCUT2D eigenvalue weighted by atomic mass is 16.5. The molecule has 142 valence electrons. The number of carbonyl (C=O) groups is 2. The molecule has 0 aliphatic carbocycles. The predicted molar refractivity (Wildman–Crippen MR) is 102 cm³/mol. The molecular weight excluding hydrogens is 342 g/mol.